The van der Waals surface area contributed by atoms with Crippen LogP contribution in [0.25, 0.3) is 0 Å². The van der Waals surface area contributed by atoms with Gasteiger partial charge in [0.2, 0.25) is 5.91 Å². The van der Waals surface area contributed by atoms with Gasteiger partial charge in [-0.2, -0.15) is 0 Å². The number of nitrogens with zero attached hydrogens (tertiary/aromatic N) is 2. The van der Waals surface area contributed by atoms with E-state index in [1.807, 2.05) is 39.8 Å². The molecule has 1 aromatic rings. The fourth-order valence-electron chi connectivity index (χ4n) is 2.79. The van der Waals surface area contributed by atoms with Gasteiger partial charge in [-0.05, 0) is 52.0 Å². The van der Waals surface area contributed by atoms with Gasteiger partial charge >= 0.3 is 12.1 Å². The van der Waals surface area contributed by atoms with Gasteiger partial charge in [-0.3, -0.25) is 4.79 Å². The lowest BCUT2D eigenvalue weighted by Crippen LogP contribution is -2.57. The summed E-state index contributed by atoms with van der Waals surface area (Å²) < 4.78 is 6.29. The highest BCUT2D eigenvalue weighted by molar-refractivity contribution is 9.10. The summed E-state index contributed by atoms with van der Waals surface area (Å²) in [4.78, 5) is 39.9. The molecule has 8 nitrogen and oxygen atoms in total. The van der Waals surface area contributed by atoms with Gasteiger partial charge in [0, 0.05) is 35.8 Å². The minimum Gasteiger partial charge on any atom is -0.444 e. The van der Waals surface area contributed by atoms with Crippen molar-refractivity contribution in [2.75, 3.05) is 31.5 Å². The number of benzene rings is 1. The molecule has 9 heteroatoms. The van der Waals surface area contributed by atoms with Crippen molar-refractivity contribution < 1.29 is 19.1 Å². The van der Waals surface area contributed by atoms with E-state index in [9.17, 15) is 14.4 Å². The maximum atomic E-state index is 12.5. The van der Waals surface area contributed by atoms with Crippen LogP contribution in [0.3, 0.4) is 0 Å². The number of ether oxygens (including phenoxy) is 1. The van der Waals surface area contributed by atoms with Crippen LogP contribution < -0.4 is 10.6 Å². The first-order valence-electron chi connectivity index (χ1n) is 9.13. The standard InChI is InChI=1S/C19H27BrN4O4/c1-13-12-23(18(27)28-19(2,3)4)9-10-24(13)16(25)11-21-17(26)22-15-7-5-14(20)6-8-15/h5-8,13H,9-12H2,1-4H3,(H2,21,22,26)/t13-/m1/s1. The lowest BCUT2D eigenvalue weighted by atomic mass is 10.2. The van der Waals surface area contributed by atoms with Crippen molar-refractivity contribution in [2.45, 2.75) is 39.3 Å². The molecule has 1 aliphatic rings. The third-order valence-corrected chi connectivity index (χ3v) is 4.63. The number of amides is 4. The molecule has 1 saturated heterocycles. The molecule has 0 unspecified atom stereocenters. The summed E-state index contributed by atoms with van der Waals surface area (Å²) in [6.07, 6.45) is -0.376. The first-order chi connectivity index (χ1) is 13.0. The molecule has 1 atom stereocenters. The van der Waals surface area contributed by atoms with E-state index in [-0.39, 0.29) is 24.6 Å². The Kier molecular flexibility index (Phi) is 7.29. The van der Waals surface area contributed by atoms with E-state index in [0.29, 0.717) is 25.3 Å². The van der Waals surface area contributed by atoms with E-state index in [2.05, 4.69) is 26.6 Å². The van der Waals surface area contributed by atoms with Crippen molar-refractivity contribution in [3.05, 3.63) is 28.7 Å². The predicted octanol–water partition coefficient (Wildman–Crippen LogP) is 3.04. The van der Waals surface area contributed by atoms with E-state index in [4.69, 9.17) is 4.74 Å². The average molecular weight is 455 g/mol. The highest BCUT2D eigenvalue weighted by Crippen LogP contribution is 2.15. The van der Waals surface area contributed by atoms with Gasteiger partial charge < -0.3 is 25.2 Å². The molecule has 1 aliphatic heterocycles. The molecule has 1 fully saturated rings. The summed E-state index contributed by atoms with van der Waals surface area (Å²) in [5.41, 5.74) is 0.0758. The molecule has 0 radical (unpaired) electrons. The van der Waals surface area contributed by atoms with Crippen LogP contribution in [0, 0.1) is 0 Å². The van der Waals surface area contributed by atoms with E-state index in [1.54, 1.807) is 21.9 Å². The number of carbonyl (C=O) groups is 3. The lowest BCUT2D eigenvalue weighted by molar-refractivity contribution is -0.134. The normalized spacial score (nSPS) is 17.1. The van der Waals surface area contributed by atoms with Gasteiger partial charge in [0.15, 0.2) is 0 Å². The Labute approximate surface area is 173 Å². The molecule has 0 aliphatic carbocycles. The van der Waals surface area contributed by atoms with Crippen molar-refractivity contribution in [3.63, 3.8) is 0 Å². The number of anilines is 1. The third-order valence-electron chi connectivity index (χ3n) is 4.10. The largest absolute Gasteiger partial charge is 0.444 e. The molecule has 2 N–H and O–H groups in total. The molecule has 28 heavy (non-hydrogen) atoms. The zero-order chi connectivity index (χ0) is 20.9. The second-order valence-corrected chi connectivity index (χ2v) is 8.59. The van der Waals surface area contributed by atoms with Crippen LogP contribution in [0.2, 0.25) is 0 Å². The molecule has 0 bridgehead atoms. The molecule has 2 rings (SSSR count). The van der Waals surface area contributed by atoms with E-state index in [1.165, 1.54) is 0 Å². The zero-order valence-corrected chi connectivity index (χ0v) is 18.2. The van der Waals surface area contributed by atoms with Gasteiger partial charge in [-0.15, -0.1) is 0 Å². The molecule has 154 valence electrons. The molecular formula is C19H27BrN4O4. The number of urea groups is 1. The van der Waals surface area contributed by atoms with E-state index >= 15 is 0 Å². The summed E-state index contributed by atoms with van der Waals surface area (Å²) in [5.74, 6) is -0.192. The molecular weight excluding hydrogens is 428 g/mol. The predicted molar refractivity (Wildman–Crippen MR) is 110 cm³/mol. The number of hydrogen-bond acceptors (Lipinski definition) is 4. The molecule has 1 aromatic carbocycles. The lowest BCUT2D eigenvalue weighted by Gasteiger charge is -2.40. The smallest absolute Gasteiger partial charge is 0.410 e. The maximum absolute atomic E-state index is 12.5. The maximum Gasteiger partial charge on any atom is 0.410 e. The molecule has 0 saturated carbocycles. The summed E-state index contributed by atoms with van der Waals surface area (Å²) in [6, 6.07) is 6.52. The monoisotopic (exact) mass is 454 g/mol. The number of halogens is 1. The Balaban J connectivity index is 1.79. The molecule has 1 heterocycles. The third kappa shape index (κ3) is 6.70. The second-order valence-electron chi connectivity index (χ2n) is 7.68. The van der Waals surface area contributed by atoms with Crippen LogP contribution in [0.5, 0.6) is 0 Å². The van der Waals surface area contributed by atoms with Crippen LogP contribution in [0.1, 0.15) is 27.7 Å². The van der Waals surface area contributed by atoms with Crippen LogP contribution in [0.4, 0.5) is 15.3 Å². The molecule has 0 spiro atoms. The zero-order valence-electron chi connectivity index (χ0n) is 16.6. The first kappa shape index (κ1) is 22.0. The van der Waals surface area contributed by atoms with Gasteiger partial charge in [-0.25, -0.2) is 9.59 Å². The Morgan fingerprint density at radius 1 is 1.18 bits per heavy atom. The highest BCUT2D eigenvalue weighted by atomic mass is 79.9. The second kappa shape index (κ2) is 9.27. The highest BCUT2D eigenvalue weighted by Gasteiger charge is 2.31. The first-order valence-corrected chi connectivity index (χ1v) is 9.92. The Morgan fingerprint density at radius 2 is 1.82 bits per heavy atom. The average Bonchev–Trinajstić information content (AvgIpc) is 2.60. The Morgan fingerprint density at radius 3 is 2.39 bits per heavy atom. The van der Waals surface area contributed by atoms with Crippen LogP contribution >= 0.6 is 15.9 Å². The minimum atomic E-state index is -0.556. The summed E-state index contributed by atoms with van der Waals surface area (Å²) in [7, 11) is 0. The summed E-state index contributed by atoms with van der Waals surface area (Å²) in [6.45, 7) is 8.41. The van der Waals surface area contributed by atoms with Crippen molar-refractivity contribution in [3.8, 4) is 0 Å². The quantitative estimate of drug-likeness (QED) is 0.733. The summed E-state index contributed by atoms with van der Waals surface area (Å²) >= 11 is 3.33. The van der Waals surface area contributed by atoms with Crippen molar-refractivity contribution >= 4 is 39.6 Å². The number of carbonyl (C=O) groups excluding carboxylic acids is 3. The minimum absolute atomic E-state index is 0.112. The van der Waals surface area contributed by atoms with Crippen molar-refractivity contribution in [1.82, 2.24) is 15.1 Å². The number of nitrogens with one attached hydrogen (secondary N) is 2. The topological polar surface area (TPSA) is 91.0 Å². The van der Waals surface area contributed by atoms with E-state index in [0.717, 1.165) is 4.47 Å². The molecule has 4 amide bonds. The Bertz CT molecular complexity index is 718. The number of piperazine rings is 1. The fourth-order valence-corrected chi connectivity index (χ4v) is 3.05. The van der Waals surface area contributed by atoms with Gasteiger partial charge in [-0.1, -0.05) is 15.9 Å². The number of rotatable bonds is 3. The van der Waals surface area contributed by atoms with Crippen LogP contribution in [0.15, 0.2) is 28.7 Å². The van der Waals surface area contributed by atoms with E-state index < -0.39 is 11.6 Å². The van der Waals surface area contributed by atoms with Crippen molar-refractivity contribution in [1.29, 1.82) is 0 Å². The Hall–Kier alpha value is -2.29. The van der Waals surface area contributed by atoms with Crippen molar-refractivity contribution in [2.24, 2.45) is 0 Å². The number of hydrogen-bond donors (Lipinski definition) is 2. The van der Waals surface area contributed by atoms with Crippen LogP contribution in [-0.2, 0) is 9.53 Å². The van der Waals surface area contributed by atoms with Gasteiger partial charge in [0.1, 0.15) is 5.60 Å². The summed E-state index contributed by atoms with van der Waals surface area (Å²) in [5, 5.41) is 5.24. The van der Waals surface area contributed by atoms with Gasteiger partial charge in [0.05, 0.1) is 6.54 Å². The molecule has 0 aromatic heterocycles. The van der Waals surface area contributed by atoms with Gasteiger partial charge in [0.25, 0.3) is 0 Å². The fraction of sp³-hybridized carbons (Fsp3) is 0.526. The van der Waals surface area contributed by atoms with Crippen LogP contribution in [-0.4, -0.2) is 65.7 Å². The SMILES string of the molecule is C[C@@H]1CN(C(=O)OC(C)(C)C)CCN1C(=O)CNC(=O)Nc1ccc(Br)cc1.